The molecule has 3 unspecified atom stereocenters. The molecular weight excluding hydrogens is 562 g/mol. The SMILES string of the molecule is Cc1ccc(CC23CCN(C(=O)[C@]4(O)CC[C@@H](C(=O)O)CC4)C2CCc2cc(C(C)(F)C(F)(F)F)ccc23)cc1Cl. The van der Waals surface area contributed by atoms with Crippen molar-refractivity contribution in [1.29, 1.82) is 0 Å². The molecular formula is C31H34ClF4NO4. The number of likely N-dealkylation sites (tertiary alicyclic amines) is 1. The molecule has 1 aliphatic heterocycles. The first-order valence-corrected chi connectivity index (χ1v) is 14.4. The summed E-state index contributed by atoms with van der Waals surface area (Å²) in [4.78, 5) is 27.0. The summed E-state index contributed by atoms with van der Waals surface area (Å²) in [7, 11) is 0. The number of nitrogens with zero attached hydrogens (tertiary/aromatic N) is 1. The highest BCUT2D eigenvalue weighted by Crippen LogP contribution is 2.52. The molecule has 222 valence electrons. The van der Waals surface area contributed by atoms with Crippen molar-refractivity contribution < 1.29 is 37.4 Å². The molecule has 2 fully saturated rings. The number of aliphatic carboxylic acids is 1. The Labute approximate surface area is 241 Å². The molecule has 1 saturated carbocycles. The number of aliphatic hydroxyl groups is 1. The fraction of sp³-hybridized carbons (Fsp3) is 0.548. The number of carboxylic acids is 1. The van der Waals surface area contributed by atoms with Gasteiger partial charge in [-0.05, 0) is 99.1 Å². The monoisotopic (exact) mass is 595 g/mol. The fourth-order valence-corrected chi connectivity index (χ4v) is 7.40. The number of rotatable bonds is 5. The van der Waals surface area contributed by atoms with E-state index < -0.39 is 46.2 Å². The maximum Gasteiger partial charge on any atom is 0.426 e. The molecule has 5 rings (SSSR count). The lowest BCUT2D eigenvalue weighted by Gasteiger charge is -2.46. The Morgan fingerprint density at radius 2 is 1.73 bits per heavy atom. The molecule has 2 aliphatic carbocycles. The summed E-state index contributed by atoms with van der Waals surface area (Å²) in [5.74, 6) is -1.96. The van der Waals surface area contributed by atoms with Gasteiger partial charge in [0.1, 0.15) is 5.60 Å². The first-order chi connectivity index (χ1) is 19.1. The zero-order valence-electron chi connectivity index (χ0n) is 23.0. The van der Waals surface area contributed by atoms with E-state index in [9.17, 15) is 37.4 Å². The Hall–Kier alpha value is -2.65. The molecule has 1 heterocycles. The van der Waals surface area contributed by atoms with Crippen LogP contribution in [0.2, 0.25) is 5.02 Å². The molecule has 3 aliphatic rings. The van der Waals surface area contributed by atoms with Gasteiger partial charge in [0, 0.05) is 23.0 Å². The Balaban J connectivity index is 1.53. The Morgan fingerprint density at radius 3 is 2.34 bits per heavy atom. The molecule has 2 aromatic carbocycles. The lowest BCUT2D eigenvalue weighted by Crippen LogP contribution is -2.56. The Morgan fingerprint density at radius 1 is 1.05 bits per heavy atom. The largest absolute Gasteiger partial charge is 0.481 e. The number of benzene rings is 2. The Kier molecular flexibility index (Phi) is 7.47. The van der Waals surface area contributed by atoms with Crippen molar-refractivity contribution in [2.24, 2.45) is 5.92 Å². The second-order valence-electron chi connectivity index (χ2n) is 12.2. The van der Waals surface area contributed by atoms with Crippen molar-refractivity contribution in [3.05, 3.63) is 69.2 Å². The van der Waals surface area contributed by atoms with Gasteiger partial charge in [-0.2, -0.15) is 13.2 Å². The van der Waals surface area contributed by atoms with E-state index in [0.717, 1.165) is 16.7 Å². The number of fused-ring (bicyclic) bond motifs is 3. The molecule has 10 heteroatoms. The number of hydrogen-bond donors (Lipinski definition) is 2. The number of halogens is 5. The van der Waals surface area contributed by atoms with Gasteiger partial charge in [0.15, 0.2) is 0 Å². The van der Waals surface area contributed by atoms with Crippen molar-refractivity contribution in [3.63, 3.8) is 0 Å². The van der Waals surface area contributed by atoms with Crippen LogP contribution in [0.5, 0.6) is 0 Å². The van der Waals surface area contributed by atoms with Gasteiger partial charge in [0.05, 0.1) is 5.92 Å². The van der Waals surface area contributed by atoms with Gasteiger partial charge < -0.3 is 15.1 Å². The summed E-state index contributed by atoms with van der Waals surface area (Å²) < 4.78 is 55.5. The van der Waals surface area contributed by atoms with Crippen LogP contribution in [0.15, 0.2) is 36.4 Å². The zero-order chi connectivity index (χ0) is 30.0. The van der Waals surface area contributed by atoms with Crippen molar-refractivity contribution in [2.75, 3.05) is 6.54 Å². The van der Waals surface area contributed by atoms with Crippen LogP contribution in [0.3, 0.4) is 0 Å². The number of carbonyl (C=O) groups is 2. The molecule has 0 spiro atoms. The van der Waals surface area contributed by atoms with E-state index >= 15 is 0 Å². The quantitative estimate of drug-likeness (QED) is 0.391. The highest BCUT2D eigenvalue weighted by atomic mass is 35.5. The molecule has 0 bridgehead atoms. The molecule has 1 amide bonds. The third-order valence-electron chi connectivity index (χ3n) is 9.79. The van der Waals surface area contributed by atoms with Crippen LogP contribution >= 0.6 is 11.6 Å². The molecule has 41 heavy (non-hydrogen) atoms. The Bertz CT molecular complexity index is 1370. The van der Waals surface area contributed by atoms with Gasteiger partial charge in [-0.25, -0.2) is 4.39 Å². The topological polar surface area (TPSA) is 77.8 Å². The highest BCUT2D eigenvalue weighted by molar-refractivity contribution is 6.31. The van der Waals surface area contributed by atoms with Crippen LogP contribution in [0.4, 0.5) is 17.6 Å². The van der Waals surface area contributed by atoms with Gasteiger partial charge in [0.2, 0.25) is 5.67 Å². The normalized spacial score (nSPS) is 29.4. The maximum atomic E-state index is 14.9. The molecule has 1 saturated heterocycles. The summed E-state index contributed by atoms with van der Waals surface area (Å²) in [6.07, 6.45) is -2.81. The van der Waals surface area contributed by atoms with Crippen LogP contribution in [0.25, 0.3) is 0 Å². The minimum Gasteiger partial charge on any atom is -0.481 e. The van der Waals surface area contributed by atoms with Crippen molar-refractivity contribution >= 4 is 23.5 Å². The number of amides is 1. The summed E-state index contributed by atoms with van der Waals surface area (Å²) in [6, 6.07) is 9.45. The lowest BCUT2D eigenvalue weighted by molar-refractivity contribution is -0.228. The molecule has 0 aromatic heterocycles. The van der Waals surface area contributed by atoms with E-state index in [1.807, 2.05) is 25.1 Å². The molecule has 3 atom stereocenters. The van der Waals surface area contributed by atoms with Gasteiger partial charge in [-0.1, -0.05) is 41.9 Å². The molecule has 0 radical (unpaired) electrons. The fourth-order valence-electron chi connectivity index (χ4n) is 7.20. The summed E-state index contributed by atoms with van der Waals surface area (Å²) in [5, 5.41) is 21.3. The van der Waals surface area contributed by atoms with Crippen LogP contribution < -0.4 is 0 Å². The van der Waals surface area contributed by atoms with E-state index in [1.165, 1.54) is 12.1 Å². The maximum absolute atomic E-state index is 14.9. The number of alkyl halides is 4. The van der Waals surface area contributed by atoms with Gasteiger partial charge in [0.25, 0.3) is 5.91 Å². The average molecular weight is 596 g/mol. The van der Waals surface area contributed by atoms with Crippen molar-refractivity contribution in [3.8, 4) is 0 Å². The van der Waals surface area contributed by atoms with Crippen molar-refractivity contribution in [1.82, 2.24) is 4.90 Å². The van der Waals surface area contributed by atoms with E-state index in [-0.39, 0.29) is 31.7 Å². The average Bonchev–Trinajstić information content (AvgIpc) is 3.28. The van der Waals surface area contributed by atoms with Gasteiger partial charge in [-0.3, -0.25) is 9.59 Å². The molecule has 5 nitrogen and oxygen atoms in total. The highest BCUT2D eigenvalue weighted by Gasteiger charge is 2.57. The lowest BCUT2D eigenvalue weighted by atomic mass is 9.63. The van der Waals surface area contributed by atoms with Gasteiger partial charge in [-0.15, -0.1) is 0 Å². The van der Waals surface area contributed by atoms with E-state index in [1.54, 1.807) is 11.0 Å². The zero-order valence-corrected chi connectivity index (χ0v) is 23.8. The standard InChI is InChI=1S/C31H34ClF4NO4/c1-18-3-4-19(15-24(18)32)17-29-13-14-37(27(40)30(41)11-9-20(10-12-30)26(38)39)25(29)8-5-21-16-22(6-7-23(21)29)28(2,33)31(34,35)36/h3-4,6-7,15-16,20,25,41H,5,8-14,17H2,1-2H3,(H,38,39)/t20-,25?,28?,29?,30+. The summed E-state index contributed by atoms with van der Waals surface area (Å²) in [5.41, 5.74) is -3.10. The van der Waals surface area contributed by atoms with Crippen LogP contribution in [-0.4, -0.2) is 51.4 Å². The first-order valence-electron chi connectivity index (χ1n) is 14.0. The number of carbonyl (C=O) groups excluding carboxylic acids is 1. The predicted octanol–water partition coefficient (Wildman–Crippen LogP) is 6.43. The first kappa shape index (κ1) is 29.8. The summed E-state index contributed by atoms with van der Waals surface area (Å²) >= 11 is 6.43. The summed E-state index contributed by atoms with van der Waals surface area (Å²) in [6.45, 7) is 2.74. The van der Waals surface area contributed by atoms with Crippen LogP contribution in [0.1, 0.15) is 73.3 Å². The third kappa shape index (κ3) is 5.03. The van der Waals surface area contributed by atoms with Gasteiger partial charge >= 0.3 is 12.1 Å². The van der Waals surface area contributed by atoms with E-state index in [2.05, 4.69) is 0 Å². The minimum absolute atomic E-state index is 0.0546. The van der Waals surface area contributed by atoms with E-state index in [0.29, 0.717) is 49.7 Å². The second kappa shape index (κ2) is 10.3. The van der Waals surface area contributed by atoms with E-state index in [4.69, 9.17) is 11.6 Å². The minimum atomic E-state index is -5.07. The molecule has 2 aromatic rings. The second-order valence-corrected chi connectivity index (χ2v) is 12.6. The number of carboxylic acid groups (broad SMARTS) is 1. The third-order valence-corrected chi connectivity index (χ3v) is 10.2. The molecule has 2 N–H and O–H groups in total. The number of hydrogen-bond acceptors (Lipinski definition) is 3. The number of aryl methyl sites for hydroxylation is 2. The van der Waals surface area contributed by atoms with Crippen LogP contribution in [0, 0.1) is 12.8 Å². The predicted molar refractivity (Wildman–Crippen MR) is 146 cm³/mol. The van der Waals surface area contributed by atoms with Crippen LogP contribution in [-0.2, 0) is 33.5 Å². The van der Waals surface area contributed by atoms with Crippen molar-refractivity contribution in [2.45, 2.75) is 94.1 Å². The smallest absolute Gasteiger partial charge is 0.426 e.